The number of piperazine rings is 1. The van der Waals surface area contributed by atoms with Crippen LogP contribution in [0.5, 0.6) is 0 Å². The lowest BCUT2D eigenvalue weighted by Gasteiger charge is -2.37. The molecule has 0 amide bonds. The third-order valence-electron chi connectivity index (χ3n) is 4.35. The number of aliphatic imine (C=N–C) groups is 1. The molecule has 1 fully saturated rings. The molecule has 0 radical (unpaired) electrons. The topological polar surface area (TPSA) is 56.9 Å². The van der Waals surface area contributed by atoms with Crippen LogP contribution in [0.4, 0.5) is 0 Å². The summed E-state index contributed by atoms with van der Waals surface area (Å²) in [4.78, 5) is 9.33. The second-order valence-electron chi connectivity index (χ2n) is 6.71. The zero-order valence-electron chi connectivity index (χ0n) is 15.2. The van der Waals surface area contributed by atoms with Gasteiger partial charge in [0.25, 0.3) is 0 Å². The van der Waals surface area contributed by atoms with Crippen LogP contribution >= 0.6 is 0 Å². The smallest absolute Gasteiger partial charge is 0.193 e. The Morgan fingerprint density at radius 3 is 2.48 bits per heavy atom. The molecule has 0 unspecified atom stereocenters. The van der Waals surface area contributed by atoms with Gasteiger partial charge >= 0.3 is 0 Å². The molecule has 0 bridgehead atoms. The van der Waals surface area contributed by atoms with Crippen LogP contribution in [0, 0.1) is 19.8 Å². The zero-order valence-corrected chi connectivity index (χ0v) is 15.2. The summed E-state index contributed by atoms with van der Waals surface area (Å²) < 4.78 is 5.21. The van der Waals surface area contributed by atoms with Crippen molar-refractivity contribution in [1.29, 1.82) is 0 Å². The van der Waals surface area contributed by atoms with E-state index in [4.69, 9.17) is 4.52 Å². The van der Waals surface area contributed by atoms with Crippen LogP contribution in [-0.4, -0.2) is 67.2 Å². The molecule has 1 N–H and O–H groups in total. The first-order valence-electron chi connectivity index (χ1n) is 8.61. The quantitative estimate of drug-likeness (QED) is 0.660. The summed E-state index contributed by atoms with van der Waals surface area (Å²) in [7, 11) is 1.86. The highest BCUT2D eigenvalue weighted by atomic mass is 16.5. The van der Waals surface area contributed by atoms with Crippen molar-refractivity contribution in [3.8, 4) is 0 Å². The lowest BCUT2D eigenvalue weighted by Crippen LogP contribution is -2.53. The first kappa shape index (κ1) is 17.8. The maximum absolute atomic E-state index is 5.21. The number of aromatic nitrogens is 1. The van der Waals surface area contributed by atoms with Gasteiger partial charge in [0.05, 0.1) is 5.69 Å². The van der Waals surface area contributed by atoms with E-state index in [1.807, 2.05) is 20.9 Å². The molecule has 0 saturated carbocycles. The Morgan fingerprint density at radius 1 is 1.26 bits per heavy atom. The monoisotopic (exact) mass is 321 g/mol. The Labute approximate surface area is 139 Å². The van der Waals surface area contributed by atoms with Crippen molar-refractivity contribution in [2.75, 3.05) is 46.3 Å². The number of nitrogens with one attached hydrogen (secondary N) is 1. The molecule has 0 aliphatic carbocycles. The fourth-order valence-corrected chi connectivity index (χ4v) is 3.15. The van der Waals surface area contributed by atoms with Crippen molar-refractivity contribution in [2.45, 2.75) is 34.1 Å². The molecule has 0 spiro atoms. The van der Waals surface area contributed by atoms with Gasteiger partial charge in [-0.2, -0.15) is 0 Å². The van der Waals surface area contributed by atoms with Crippen LogP contribution in [0.1, 0.15) is 30.9 Å². The lowest BCUT2D eigenvalue weighted by molar-refractivity contribution is 0.164. The van der Waals surface area contributed by atoms with E-state index in [9.17, 15) is 0 Å². The van der Waals surface area contributed by atoms with Crippen LogP contribution in [0.25, 0.3) is 0 Å². The van der Waals surface area contributed by atoms with Crippen molar-refractivity contribution in [2.24, 2.45) is 10.9 Å². The van der Waals surface area contributed by atoms with Gasteiger partial charge in [0.1, 0.15) is 5.76 Å². The molecule has 6 nitrogen and oxygen atoms in total. The summed E-state index contributed by atoms with van der Waals surface area (Å²) in [6, 6.07) is 0. The predicted octanol–water partition coefficient (Wildman–Crippen LogP) is 1.68. The summed E-state index contributed by atoms with van der Waals surface area (Å²) in [6.45, 7) is 14.9. The summed E-state index contributed by atoms with van der Waals surface area (Å²) in [5, 5.41) is 7.48. The van der Waals surface area contributed by atoms with Gasteiger partial charge < -0.3 is 14.7 Å². The maximum Gasteiger partial charge on any atom is 0.193 e. The Bertz CT molecular complexity index is 496. The predicted molar refractivity (Wildman–Crippen MR) is 93.9 cm³/mol. The Hall–Kier alpha value is -1.56. The molecule has 2 heterocycles. The first-order valence-corrected chi connectivity index (χ1v) is 8.61. The molecule has 1 aliphatic rings. The molecular formula is C17H31N5O. The average Bonchev–Trinajstić information content (AvgIpc) is 2.83. The summed E-state index contributed by atoms with van der Waals surface area (Å²) in [5.41, 5.74) is 2.19. The van der Waals surface area contributed by atoms with Crippen LogP contribution < -0.4 is 5.32 Å². The molecule has 6 heteroatoms. The minimum atomic E-state index is 0.731. The minimum absolute atomic E-state index is 0.731. The van der Waals surface area contributed by atoms with Crippen molar-refractivity contribution in [1.82, 2.24) is 20.3 Å². The first-order chi connectivity index (χ1) is 11.0. The highest BCUT2D eigenvalue weighted by Gasteiger charge is 2.20. The second-order valence-corrected chi connectivity index (χ2v) is 6.71. The Kier molecular flexibility index (Phi) is 6.45. The Morgan fingerprint density at radius 2 is 1.96 bits per heavy atom. The largest absolute Gasteiger partial charge is 0.361 e. The van der Waals surface area contributed by atoms with E-state index >= 15 is 0 Å². The van der Waals surface area contributed by atoms with Crippen LogP contribution in [0.2, 0.25) is 0 Å². The van der Waals surface area contributed by atoms with Gasteiger partial charge in [-0.3, -0.25) is 9.89 Å². The highest BCUT2D eigenvalue weighted by Crippen LogP contribution is 2.12. The van der Waals surface area contributed by atoms with Crippen LogP contribution in [0.15, 0.2) is 9.52 Å². The third kappa shape index (κ3) is 4.96. The normalized spacial score (nSPS) is 17.1. The van der Waals surface area contributed by atoms with Gasteiger partial charge in [0.2, 0.25) is 0 Å². The van der Waals surface area contributed by atoms with Gasteiger partial charge in [-0.1, -0.05) is 19.0 Å². The van der Waals surface area contributed by atoms with E-state index in [2.05, 4.69) is 39.1 Å². The fourth-order valence-electron chi connectivity index (χ4n) is 3.15. The molecule has 1 aromatic rings. The summed E-state index contributed by atoms with van der Waals surface area (Å²) in [5.74, 6) is 2.65. The number of rotatable bonds is 5. The van der Waals surface area contributed by atoms with E-state index in [1.54, 1.807) is 0 Å². The molecule has 23 heavy (non-hydrogen) atoms. The minimum Gasteiger partial charge on any atom is -0.361 e. The molecular weight excluding hydrogens is 290 g/mol. The number of hydrogen-bond donors (Lipinski definition) is 1. The van der Waals surface area contributed by atoms with Crippen LogP contribution in [0.3, 0.4) is 0 Å². The summed E-state index contributed by atoms with van der Waals surface area (Å²) in [6.07, 6.45) is 0.910. The van der Waals surface area contributed by atoms with Crippen molar-refractivity contribution in [3.05, 3.63) is 17.0 Å². The van der Waals surface area contributed by atoms with Crippen molar-refractivity contribution >= 4 is 5.96 Å². The fraction of sp³-hybridized carbons (Fsp3) is 0.765. The highest BCUT2D eigenvalue weighted by molar-refractivity contribution is 5.80. The third-order valence-corrected chi connectivity index (χ3v) is 4.35. The lowest BCUT2D eigenvalue weighted by atomic mass is 10.1. The van der Waals surface area contributed by atoms with Gasteiger partial charge in [-0.15, -0.1) is 0 Å². The van der Waals surface area contributed by atoms with Gasteiger partial charge in [0.15, 0.2) is 5.96 Å². The SMILES string of the molecule is CN=C(NCCc1c(C)noc1C)N1CCN(CC(C)C)CC1. The maximum atomic E-state index is 5.21. The van der Waals surface area contributed by atoms with E-state index in [0.29, 0.717) is 0 Å². The van der Waals surface area contributed by atoms with E-state index in [0.717, 1.165) is 62.5 Å². The molecule has 130 valence electrons. The van der Waals surface area contributed by atoms with Crippen LogP contribution in [-0.2, 0) is 6.42 Å². The number of guanidine groups is 1. The molecule has 2 rings (SSSR count). The van der Waals surface area contributed by atoms with Crippen molar-refractivity contribution in [3.63, 3.8) is 0 Å². The molecule has 0 atom stereocenters. The van der Waals surface area contributed by atoms with Gasteiger partial charge in [-0.25, -0.2) is 0 Å². The van der Waals surface area contributed by atoms with E-state index in [-0.39, 0.29) is 0 Å². The Balaban J connectivity index is 1.78. The number of hydrogen-bond acceptors (Lipinski definition) is 4. The number of nitrogens with zero attached hydrogens (tertiary/aromatic N) is 4. The summed E-state index contributed by atoms with van der Waals surface area (Å²) >= 11 is 0. The average molecular weight is 321 g/mol. The second kappa shape index (κ2) is 8.34. The molecule has 1 aliphatic heterocycles. The molecule has 1 saturated heterocycles. The van der Waals surface area contributed by atoms with Gasteiger partial charge in [-0.05, 0) is 26.2 Å². The molecule has 0 aromatic carbocycles. The number of aryl methyl sites for hydroxylation is 2. The van der Waals surface area contributed by atoms with E-state index in [1.165, 1.54) is 12.1 Å². The molecule has 1 aromatic heterocycles. The standard InChI is InChI=1S/C17H31N5O/c1-13(2)12-21-8-10-22(11-9-21)17(18-5)19-7-6-16-14(3)20-23-15(16)4/h13H,6-12H2,1-5H3,(H,18,19). The van der Waals surface area contributed by atoms with E-state index < -0.39 is 0 Å². The van der Waals surface area contributed by atoms with Gasteiger partial charge in [0, 0.05) is 51.9 Å². The zero-order chi connectivity index (χ0) is 16.8. The van der Waals surface area contributed by atoms with Crippen molar-refractivity contribution < 1.29 is 4.52 Å².